The minimum absolute atomic E-state index is 0.421. The number of epoxide rings is 1. The van der Waals surface area contributed by atoms with Gasteiger partial charge in [-0.05, 0) is 31.4 Å². The number of hydrogen-bond acceptors (Lipinski definition) is 2. The van der Waals surface area contributed by atoms with Crippen molar-refractivity contribution < 1.29 is 14.6 Å². The molecule has 2 aromatic rings. The number of ether oxygens (including phenoxy) is 1. The molecule has 1 N–H and O–H groups in total. The Balaban J connectivity index is 2.18. The van der Waals surface area contributed by atoms with E-state index in [0.29, 0.717) is 6.42 Å². The molecule has 0 aliphatic carbocycles. The average Bonchev–Trinajstić information content (AvgIpc) is 3.20. The van der Waals surface area contributed by atoms with Crippen molar-refractivity contribution in [2.75, 3.05) is 0 Å². The molecular formula is C19H20O3. The van der Waals surface area contributed by atoms with E-state index in [1.54, 1.807) is 0 Å². The Hall–Kier alpha value is -2.13. The van der Waals surface area contributed by atoms with Crippen LogP contribution in [0.2, 0.25) is 0 Å². The van der Waals surface area contributed by atoms with Crippen LogP contribution in [-0.2, 0) is 15.1 Å². The SMILES string of the molecule is CCC1(C(=O)O)OC1(c1ccc(C)cc1)c1ccc(C)cc1. The minimum atomic E-state index is -1.18. The van der Waals surface area contributed by atoms with E-state index < -0.39 is 17.2 Å². The van der Waals surface area contributed by atoms with Crippen LogP contribution in [0.15, 0.2) is 48.5 Å². The highest BCUT2D eigenvalue weighted by Crippen LogP contribution is 2.61. The fraction of sp³-hybridized carbons (Fsp3) is 0.316. The summed E-state index contributed by atoms with van der Waals surface area (Å²) >= 11 is 0. The van der Waals surface area contributed by atoms with Crippen LogP contribution in [0.5, 0.6) is 0 Å². The molecule has 1 atom stereocenters. The molecule has 0 bridgehead atoms. The molecule has 3 rings (SSSR count). The lowest BCUT2D eigenvalue weighted by Crippen LogP contribution is -2.33. The van der Waals surface area contributed by atoms with Crippen LogP contribution >= 0.6 is 0 Å². The smallest absolute Gasteiger partial charge is 0.339 e. The summed E-state index contributed by atoms with van der Waals surface area (Å²) in [5, 5.41) is 9.75. The van der Waals surface area contributed by atoms with E-state index in [1.807, 2.05) is 69.3 Å². The zero-order chi connectivity index (χ0) is 16.0. The maximum Gasteiger partial charge on any atom is 0.339 e. The highest BCUT2D eigenvalue weighted by molar-refractivity contribution is 5.85. The second kappa shape index (κ2) is 4.96. The quantitative estimate of drug-likeness (QED) is 0.873. The van der Waals surface area contributed by atoms with Crippen LogP contribution in [0.1, 0.15) is 35.6 Å². The Bertz CT molecular complexity index is 655. The molecule has 114 valence electrons. The summed E-state index contributed by atoms with van der Waals surface area (Å²) in [6, 6.07) is 15.9. The first-order chi connectivity index (χ1) is 10.5. The van der Waals surface area contributed by atoms with Crippen molar-refractivity contribution in [3.63, 3.8) is 0 Å². The van der Waals surface area contributed by atoms with Gasteiger partial charge in [0.15, 0.2) is 5.60 Å². The van der Waals surface area contributed by atoms with E-state index >= 15 is 0 Å². The minimum Gasteiger partial charge on any atom is -0.479 e. The van der Waals surface area contributed by atoms with Gasteiger partial charge in [0.2, 0.25) is 5.60 Å². The molecule has 3 nitrogen and oxygen atoms in total. The van der Waals surface area contributed by atoms with Crippen molar-refractivity contribution >= 4 is 5.97 Å². The lowest BCUT2D eigenvalue weighted by Gasteiger charge is -2.18. The van der Waals surface area contributed by atoms with Crippen molar-refractivity contribution in [3.05, 3.63) is 70.8 Å². The van der Waals surface area contributed by atoms with Crippen molar-refractivity contribution in [1.29, 1.82) is 0 Å². The summed E-state index contributed by atoms with van der Waals surface area (Å²) in [5.74, 6) is -0.906. The van der Waals surface area contributed by atoms with Gasteiger partial charge in [0, 0.05) is 0 Å². The van der Waals surface area contributed by atoms with Gasteiger partial charge in [0.25, 0.3) is 0 Å². The number of carboxylic acids is 1. The van der Waals surface area contributed by atoms with Gasteiger partial charge in [-0.1, -0.05) is 66.6 Å². The van der Waals surface area contributed by atoms with Gasteiger partial charge in [0.1, 0.15) is 0 Å². The first-order valence-electron chi connectivity index (χ1n) is 7.54. The Morgan fingerprint density at radius 3 is 1.64 bits per heavy atom. The molecule has 1 unspecified atom stereocenters. The van der Waals surface area contributed by atoms with E-state index in [0.717, 1.165) is 22.3 Å². The molecular weight excluding hydrogens is 276 g/mol. The van der Waals surface area contributed by atoms with Crippen LogP contribution in [0.25, 0.3) is 0 Å². The van der Waals surface area contributed by atoms with E-state index in [4.69, 9.17) is 4.74 Å². The normalized spacial score (nSPS) is 22.3. The molecule has 1 saturated heterocycles. The van der Waals surface area contributed by atoms with E-state index in [1.165, 1.54) is 0 Å². The highest BCUT2D eigenvalue weighted by atomic mass is 16.7. The number of rotatable bonds is 4. The monoisotopic (exact) mass is 296 g/mol. The lowest BCUT2D eigenvalue weighted by atomic mass is 9.79. The summed E-state index contributed by atoms with van der Waals surface area (Å²) in [4.78, 5) is 11.9. The molecule has 2 aromatic carbocycles. The molecule has 1 fully saturated rings. The second-order valence-corrected chi connectivity index (χ2v) is 6.00. The predicted octanol–water partition coefficient (Wildman–Crippen LogP) is 3.81. The van der Waals surface area contributed by atoms with Crippen molar-refractivity contribution in [1.82, 2.24) is 0 Å². The zero-order valence-electron chi connectivity index (χ0n) is 13.1. The molecule has 1 aliphatic rings. The Kier molecular flexibility index (Phi) is 3.33. The zero-order valence-corrected chi connectivity index (χ0v) is 13.1. The molecule has 0 saturated carbocycles. The first-order valence-corrected chi connectivity index (χ1v) is 7.54. The fourth-order valence-electron chi connectivity index (χ4n) is 3.23. The number of carbonyl (C=O) groups is 1. The second-order valence-electron chi connectivity index (χ2n) is 6.00. The van der Waals surface area contributed by atoms with Crippen LogP contribution < -0.4 is 0 Å². The fourth-order valence-corrected chi connectivity index (χ4v) is 3.23. The molecule has 0 aromatic heterocycles. The molecule has 0 spiro atoms. The topological polar surface area (TPSA) is 49.8 Å². The van der Waals surface area contributed by atoms with E-state index in [9.17, 15) is 9.90 Å². The first kappa shape index (κ1) is 14.8. The van der Waals surface area contributed by atoms with Gasteiger partial charge in [-0.15, -0.1) is 0 Å². The third kappa shape index (κ3) is 1.89. The third-order valence-corrected chi connectivity index (χ3v) is 4.61. The van der Waals surface area contributed by atoms with Gasteiger partial charge >= 0.3 is 5.97 Å². The molecule has 1 heterocycles. The maximum atomic E-state index is 11.9. The van der Waals surface area contributed by atoms with Gasteiger partial charge in [-0.2, -0.15) is 0 Å². The van der Waals surface area contributed by atoms with Gasteiger partial charge in [-0.3, -0.25) is 0 Å². The molecule has 0 radical (unpaired) electrons. The van der Waals surface area contributed by atoms with Gasteiger partial charge in [0.05, 0.1) is 0 Å². The molecule has 1 aliphatic heterocycles. The summed E-state index contributed by atoms with van der Waals surface area (Å²) in [7, 11) is 0. The number of carboxylic acid groups (broad SMARTS) is 1. The summed E-state index contributed by atoms with van der Waals surface area (Å²) in [5.41, 5.74) is 1.99. The average molecular weight is 296 g/mol. The number of benzene rings is 2. The standard InChI is InChI=1S/C19H20O3/c1-4-18(17(20)21)19(22-18,15-9-5-13(2)6-10-15)16-11-7-14(3)8-12-16/h5-12H,4H2,1-3H3,(H,20,21). The van der Waals surface area contributed by atoms with Gasteiger partial charge < -0.3 is 9.84 Å². The summed E-state index contributed by atoms with van der Waals surface area (Å²) < 4.78 is 5.96. The van der Waals surface area contributed by atoms with Crippen molar-refractivity contribution in [2.24, 2.45) is 0 Å². The van der Waals surface area contributed by atoms with E-state index in [2.05, 4.69) is 0 Å². The number of aryl methyl sites for hydroxylation is 2. The summed E-state index contributed by atoms with van der Waals surface area (Å²) in [6.45, 7) is 5.89. The van der Waals surface area contributed by atoms with Crippen LogP contribution in [0, 0.1) is 13.8 Å². The molecule has 22 heavy (non-hydrogen) atoms. The third-order valence-electron chi connectivity index (χ3n) is 4.61. The number of hydrogen-bond donors (Lipinski definition) is 1. The number of aliphatic carboxylic acids is 1. The molecule has 3 heteroatoms. The molecule has 0 amide bonds. The van der Waals surface area contributed by atoms with Crippen LogP contribution in [-0.4, -0.2) is 16.7 Å². The Morgan fingerprint density at radius 1 is 0.955 bits per heavy atom. The van der Waals surface area contributed by atoms with Crippen molar-refractivity contribution in [3.8, 4) is 0 Å². The Morgan fingerprint density at radius 2 is 1.36 bits per heavy atom. The van der Waals surface area contributed by atoms with Crippen LogP contribution in [0.4, 0.5) is 0 Å². The Labute approximate surface area is 130 Å². The highest BCUT2D eigenvalue weighted by Gasteiger charge is 2.75. The predicted molar refractivity (Wildman–Crippen MR) is 84.9 cm³/mol. The van der Waals surface area contributed by atoms with Crippen LogP contribution in [0.3, 0.4) is 0 Å². The largest absolute Gasteiger partial charge is 0.479 e. The van der Waals surface area contributed by atoms with Crippen molar-refractivity contribution in [2.45, 2.75) is 38.4 Å². The maximum absolute atomic E-state index is 11.9. The lowest BCUT2D eigenvalue weighted by molar-refractivity contribution is -0.143. The summed E-state index contributed by atoms with van der Waals surface area (Å²) in [6.07, 6.45) is 0.421. The van der Waals surface area contributed by atoms with Gasteiger partial charge in [-0.25, -0.2) is 4.79 Å². The van der Waals surface area contributed by atoms with E-state index in [-0.39, 0.29) is 0 Å².